The number of rotatable bonds is 3. The maximum Gasteiger partial charge on any atom is 0.0785 e. The lowest BCUT2D eigenvalue weighted by atomic mass is 10.0. The summed E-state index contributed by atoms with van der Waals surface area (Å²) in [6.45, 7) is -0.194. The Morgan fingerprint density at radius 1 is 0.654 bits per heavy atom. The Bertz CT molecular complexity index is 930. The molecule has 0 spiro atoms. The van der Waals surface area contributed by atoms with E-state index in [0.29, 0.717) is 38.1 Å². The van der Waals surface area contributed by atoms with Crippen LogP contribution >= 0.6 is 69.6 Å². The van der Waals surface area contributed by atoms with E-state index in [-0.39, 0.29) is 26.7 Å². The first-order valence-electron chi connectivity index (χ1n) is 7.23. The van der Waals surface area contributed by atoms with Crippen LogP contribution < -0.4 is 0 Å². The quantitative estimate of drug-likeness (QED) is 0.398. The Morgan fingerprint density at radius 2 is 1.08 bits per heavy atom. The average molecular weight is 468 g/mol. The molecule has 1 N–H and O–H groups in total. The van der Waals surface area contributed by atoms with Gasteiger partial charge >= 0.3 is 0 Å². The van der Waals surface area contributed by atoms with E-state index in [1.165, 1.54) is 0 Å². The first-order chi connectivity index (χ1) is 12.3. The maximum atomic E-state index is 9.63. The summed E-state index contributed by atoms with van der Waals surface area (Å²) in [4.78, 5) is 4.60. The highest BCUT2D eigenvalue weighted by Gasteiger charge is 2.16. The minimum Gasteiger partial charge on any atom is -0.392 e. The van der Waals surface area contributed by atoms with Crippen molar-refractivity contribution in [1.82, 2.24) is 4.98 Å². The molecule has 0 saturated heterocycles. The summed E-state index contributed by atoms with van der Waals surface area (Å²) in [6.07, 6.45) is 0. The van der Waals surface area contributed by atoms with Crippen LogP contribution in [0.2, 0.25) is 30.1 Å². The Labute approximate surface area is 180 Å². The Balaban J connectivity index is 2.24. The summed E-state index contributed by atoms with van der Waals surface area (Å²) in [5.41, 5.74) is 2.80. The second-order valence-corrected chi connectivity index (χ2v) is 7.68. The second kappa shape index (κ2) is 8.12. The van der Waals surface area contributed by atoms with E-state index in [4.69, 9.17) is 69.6 Å². The molecule has 0 unspecified atom stereocenters. The number of aliphatic hydroxyl groups excluding tert-OH is 1. The van der Waals surface area contributed by atoms with Gasteiger partial charge in [-0.1, -0.05) is 69.6 Å². The third-order valence-corrected chi connectivity index (χ3v) is 6.28. The van der Waals surface area contributed by atoms with E-state index >= 15 is 0 Å². The third-order valence-electron chi connectivity index (χ3n) is 3.69. The fraction of sp³-hybridized carbons (Fsp3) is 0.0556. The Morgan fingerprint density at radius 3 is 1.46 bits per heavy atom. The van der Waals surface area contributed by atoms with E-state index in [2.05, 4.69) is 4.98 Å². The first kappa shape index (κ1) is 20.0. The van der Waals surface area contributed by atoms with E-state index in [1.54, 1.807) is 36.4 Å². The molecule has 0 aliphatic carbocycles. The van der Waals surface area contributed by atoms with Crippen LogP contribution in [0.3, 0.4) is 0 Å². The first-order valence-corrected chi connectivity index (χ1v) is 9.49. The van der Waals surface area contributed by atoms with Gasteiger partial charge in [-0.05, 0) is 42.0 Å². The van der Waals surface area contributed by atoms with Gasteiger partial charge in [0.1, 0.15) is 0 Å². The standard InChI is InChI=1S/C18H9Cl6NO/c19-11-3-1-9(15(21)17(11)23)13-5-8(7-26)6-14(25-13)10-2-4-12(20)18(24)16(10)22/h1-6,26H,7H2. The number of halogens is 6. The average Bonchev–Trinajstić information content (AvgIpc) is 2.64. The van der Waals surface area contributed by atoms with E-state index in [1.807, 2.05) is 0 Å². The zero-order valence-corrected chi connectivity index (χ0v) is 17.4. The van der Waals surface area contributed by atoms with Crippen LogP contribution in [0.4, 0.5) is 0 Å². The molecule has 0 saturated carbocycles. The fourth-order valence-corrected chi connectivity index (χ4v) is 3.67. The highest BCUT2D eigenvalue weighted by molar-refractivity contribution is 6.49. The van der Waals surface area contributed by atoms with Crippen molar-refractivity contribution in [3.63, 3.8) is 0 Å². The minimum absolute atomic E-state index is 0.194. The molecule has 0 fully saturated rings. The predicted octanol–water partition coefficient (Wildman–Crippen LogP) is 7.83. The van der Waals surface area contributed by atoms with Crippen LogP contribution in [0.5, 0.6) is 0 Å². The topological polar surface area (TPSA) is 33.1 Å². The molecule has 1 aromatic heterocycles. The highest BCUT2D eigenvalue weighted by Crippen LogP contribution is 2.40. The van der Waals surface area contributed by atoms with Crippen molar-refractivity contribution < 1.29 is 5.11 Å². The third kappa shape index (κ3) is 3.79. The van der Waals surface area contributed by atoms with Gasteiger partial charge in [-0.3, -0.25) is 0 Å². The lowest BCUT2D eigenvalue weighted by molar-refractivity contribution is 0.282. The normalized spacial score (nSPS) is 11.0. The monoisotopic (exact) mass is 465 g/mol. The van der Waals surface area contributed by atoms with Crippen molar-refractivity contribution >= 4 is 69.6 Å². The van der Waals surface area contributed by atoms with E-state index in [0.717, 1.165) is 0 Å². The molecule has 3 rings (SSSR count). The van der Waals surface area contributed by atoms with Gasteiger partial charge in [0.05, 0.1) is 48.1 Å². The number of hydrogen-bond donors (Lipinski definition) is 1. The number of pyridine rings is 1. The van der Waals surface area contributed by atoms with Crippen LogP contribution in [0, 0.1) is 0 Å². The molecule has 2 nitrogen and oxygen atoms in total. The lowest BCUT2D eigenvalue weighted by Gasteiger charge is -2.12. The van der Waals surface area contributed by atoms with Crippen LogP contribution in [0.15, 0.2) is 36.4 Å². The molecule has 0 amide bonds. The molecule has 26 heavy (non-hydrogen) atoms. The zero-order chi connectivity index (χ0) is 19.0. The van der Waals surface area contributed by atoms with Crippen molar-refractivity contribution in [2.45, 2.75) is 6.61 Å². The molecule has 0 aliphatic rings. The van der Waals surface area contributed by atoms with Crippen LogP contribution in [-0.4, -0.2) is 10.1 Å². The number of hydrogen-bond acceptors (Lipinski definition) is 2. The van der Waals surface area contributed by atoms with E-state index in [9.17, 15) is 5.11 Å². The molecule has 2 aromatic carbocycles. The summed E-state index contributed by atoms with van der Waals surface area (Å²) in [5, 5.41) is 11.3. The molecule has 1 heterocycles. The molecular weight excluding hydrogens is 459 g/mol. The summed E-state index contributed by atoms with van der Waals surface area (Å²) >= 11 is 36.9. The van der Waals surface area contributed by atoms with Crippen molar-refractivity contribution in [1.29, 1.82) is 0 Å². The Kier molecular flexibility index (Phi) is 6.25. The molecular formula is C18H9Cl6NO. The number of aromatic nitrogens is 1. The molecule has 0 radical (unpaired) electrons. The summed E-state index contributed by atoms with van der Waals surface area (Å²) < 4.78 is 0. The summed E-state index contributed by atoms with van der Waals surface area (Å²) in [7, 11) is 0. The lowest BCUT2D eigenvalue weighted by Crippen LogP contribution is -1.95. The van der Waals surface area contributed by atoms with Crippen LogP contribution in [-0.2, 0) is 6.61 Å². The Hall–Kier alpha value is -0.710. The molecule has 3 aromatic rings. The molecule has 0 atom stereocenters. The number of nitrogens with zero attached hydrogens (tertiary/aromatic N) is 1. The summed E-state index contributed by atoms with van der Waals surface area (Å²) in [6, 6.07) is 10.1. The fourth-order valence-electron chi connectivity index (χ4n) is 2.40. The second-order valence-electron chi connectivity index (χ2n) is 5.35. The van der Waals surface area contributed by atoms with Gasteiger partial charge in [-0.25, -0.2) is 4.98 Å². The van der Waals surface area contributed by atoms with Crippen molar-refractivity contribution in [2.75, 3.05) is 0 Å². The molecule has 8 heteroatoms. The van der Waals surface area contributed by atoms with Crippen molar-refractivity contribution in [3.05, 3.63) is 72.1 Å². The smallest absolute Gasteiger partial charge is 0.0785 e. The van der Waals surface area contributed by atoms with Gasteiger partial charge in [0.25, 0.3) is 0 Å². The predicted molar refractivity (Wildman–Crippen MR) is 111 cm³/mol. The molecule has 0 bridgehead atoms. The van der Waals surface area contributed by atoms with Gasteiger partial charge in [-0.2, -0.15) is 0 Å². The zero-order valence-electron chi connectivity index (χ0n) is 12.8. The van der Waals surface area contributed by atoms with Crippen molar-refractivity contribution in [3.8, 4) is 22.5 Å². The van der Waals surface area contributed by atoms with Gasteiger partial charge in [0.15, 0.2) is 0 Å². The number of benzene rings is 2. The van der Waals surface area contributed by atoms with E-state index < -0.39 is 0 Å². The van der Waals surface area contributed by atoms with Gasteiger partial charge < -0.3 is 5.11 Å². The number of aliphatic hydroxyl groups is 1. The SMILES string of the molecule is OCc1cc(-c2ccc(Cl)c(Cl)c2Cl)nc(-c2ccc(Cl)c(Cl)c2Cl)c1. The largest absolute Gasteiger partial charge is 0.392 e. The molecule has 134 valence electrons. The van der Waals surface area contributed by atoms with Gasteiger partial charge in [0, 0.05) is 11.1 Å². The van der Waals surface area contributed by atoms with Gasteiger partial charge in [-0.15, -0.1) is 0 Å². The van der Waals surface area contributed by atoms with Crippen LogP contribution in [0.25, 0.3) is 22.5 Å². The maximum absolute atomic E-state index is 9.63. The highest BCUT2D eigenvalue weighted by atomic mass is 35.5. The van der Waals surface area contributed by atoms with Crippen LogP contribution in [0.1, 0.15) is 5.56 Å². The molecule has 0 aliphatic heterocycles. The van der Waals surface area contributed by atoms with Gasteiger partial charge in [0.2, 0.25) is 0 Å². The van der Waals surface area contributed by atoms with Crippen molar-refractivity contribution in [2.24, 2.45) is 0 Å². The minimum atomic E-state index is -0.194. The summed E-state index contributed by atoms with van der Waals surface area (Å²) in [5.74, 6) is 0.